The molecule has 164 valence electrons. The summed E-state index contributed by atoms with van der Waals surface area (Å²) in [7, 11) is -3.40. The van der Waals surface area contributed by atoms with E-state index >= 15 is 0 Å². The number of aromatic nitrogens is 3. The number of para-hydroxylation sites is 1. The van der Waals surface area contributed by atoms with Crippen molar-refractivity contribution in [3.05, 3.63) is 73.6 Å². The molecule has 0 bridgehead atoms. The van der Waals surface area contributed by atoms with Crippen LogP contribution < -0.4 is 0 Å². The molecular weight excluding hydrogens is 566 g/mol. The van der Waals surface area contributed by atoms with Crippen molar-refractivity contribution in [1.82, 2.24) is 14.8 Å². The van der Waals surface area contributed by atoms with Gasteiger partial charge in [0, 0.05) is 19.9 Å². The Hall–Kier alpha value is -1.22. The molecule has 0 spiro atoms. The van der Waals surface area contributed by atoms with E-state index in [0.717, 1.165) is 51.7 Å². The number of halogens is 3. The summed E-state index contributed by atoms with van der Waals surface area (Å²) in [5, 5.41) is 9.44. The quantitative estimate of drug-likeness (QED) is 0.327. The Labute approximate surface area is 204 Å². The number of hydrogen-bond donors (Lipinski definition) is 0. The predicted octanol–water partition coefficient (Wildman–Crippen LogP) is 6.26. The first-order valence-corrected chi connectivity index (χ1v) is 14.0. The SMILES string of the molecule is O=S(=O)(CCc1ccc(Cl)cc1)Cc1nnc(C2CCCC2)n1-c1c(Br)cccc1Br. The van der Waals surface area contributed by atoms with Crippen molar-refractivity contribution in [2.24, 2.45) is 0 Å². The summed E-state index contributed by atoms with van der Waals surface area (Å²) >= 11 is 13.2. The molecule has 4 rings (SSSR count). The van der Waals surface area contributed by atoms with E-state index in [1.165, 1.54) is 0 Å². The highest BCUT2D eigenvalue weighted by Gasteiger charge is 2.28. The smallest absolute Gasteiger partial charge is 0.157 e. The zero-order chi connectivity index (χ0) is 22.0. The van der Waals surface area contributed by atoms with Crippen LogP contribution in [0.2, 0.25) is 5.02 Å². The van der Waals surface area contributed by atoms with Crippen LogP contribution in [0.15, 0.2) is 51.4 Å². The maximum atomic E-state index is 13.0. The molecule has 1 aliphatic carbocycles. The molecule has 0 radical (unpaired) electrons. The molecule has 3 aromatic rings. The van der Waals surface area contributed by atoms with Gasteiger partial charge < -0.3 is 0 Å². The zero-order valence-corrected chi connectivity index (χ0v) is 21.5. The lowest BCUT2D eigenvalue weighted by atomic mass is 10.1. The summed E-state index contributed by atoms with van der Waals surface area (Å²) in [6.07, 6.45) is 4.83. The van der Waals surface area contributed by atoms with Gasteiger partial charge in [-0.1, -0.05) is 42.6 Å². The van der Waals surface area contributed by atoms with E-state index in [4.69, 9.17) is 11.6 Å². The highest BCUT2D eigenvalue weighted by atomic mass is 79.9. The Kier molecular flexibility index (Phi) is 7.20. The lowest BCUT2D eigenvalue weighted by molar-refractivity contribution is 0.591. The second kappa shape index (κ2) is 9.73. The summed E-state index contributed by atoms with van der Waals surface area (Å²) < 4.78 is 29.6. The number of sulfone groups is 1. The first-order chi connectivity index (χ1) is 14.8. The second-order valence-corrected chi connectivity index (χ2v) is 12.2. The highest BCUT2D eigenvalue weighted by molar-refractivity contribution is 9.11. The maximum Gasteiger partial charge on any atom is 0.157 e. The van der Waals surface area contributed by atoms with E-state index in [1.807, 2.05) is 34.9 Å². The molecule has 2 aromatic carbocycles. The van der Waals surface area contributed by atoms with Crippen molar-refractivity contribution >= 4 is 53.3 Å². The molecule has 1 heterocycles. The van der Waals surface area contributed by atoms with Crippen molar-refractivity contribution in [1.29, 1.82) is 0 Å². The van der Waals surface area contributed by atoms with Crippen LogP contribution in [0, 0.1) is 0 Å². The molecule has 0 atom stereocenters. The van der Waals surface area contributed by atoms with E-state index in [-0.39, 0.29) is 17.4 Å². The Balaban J connectivity index is 1.65. The Bertz CT molecular complexity index is 1150. The summed E-state index contributed by atoms with van der Waals surface area (Å²) in [5.41, 5.74) is 1.78. The number of aryl methyl sites for hydroxylation is 1. The average Bonchev–Trinajstić information content (AvgIpc) is 3.38. The van der Waals surface area contributed by atoms with E-state index in [0.29, 0.717) is 17.3 Å². The molecule has 0 aliphatic heterocycles. The van der Waals surface area contributed by atoms with Crippen LogP contribution in [-0.4, -0.2) is 28.9 Å². The Morgan fingerprint density at radius 3 is 2.29 bits per heavy atom. The summed E-state index contributed by atoms with van der Waals surface area (Å²) in [6.45, 7) is 0. The van der Waals surface area contributed by atoms with Gasteiger partial charge >= 0.3 is 0 Å². The van der Waals surface area contributed by atoms with Crippen LogP contribution in [0.1, 0.15) is 48.8 Å². The lowest BCUT2D eigenvalue weighted by Crippen LogP contribution is -2.16. The van der Waals surface area contributed by atoms with Gasteiger partial charge in [-0.15, -0.1) is 10.2 Å². The third kappa shape index (κ3) is 5.41. The van der Waals surface area contributed by atoms with Gasteiger partial charge in [0.1, 0.15) is 11.6 Å². The third-order valence-corrected chi connectivity index (χ3v) is 8.66. The van der Waals surface area contributed by atoms with Gasteiger partial charge in [-0.2, -0.15) is 0 Å². The molecule has 1 aromatic heterocycles. The average molecular weight is 588 g/mol. The number of hydrogen-bond acceptors (Lipinski definition) is 4. The first-order valence-electron chi connectivity index (χ1n) is 10.2. The van der Waals surface area contributed by atoms with Gasteiger partial charge in [0.05, 0.1) is 11.4 Å². The van der Waals surface area contributed by atoms with Crippen molar-refractivity contribution < 1.29 is 8.42 Å². The minimum absolute atomic E-state index is 0.0391. The lowest BCUT2D eigenvalue weighted by Gasteiger charge is -2.17. The van der Waals surface area contributed by atoms with Gasteiger partial charge in [0.2, 0.25) is 0 Å². The third-order valence-electron chi connectivity index (χ3n) is 5.60. The number of nitrogens with zero attached hydrogens (tertiary/aromatic N) is 3. The molecule has 1 saturated carbocycles. The van der Waals surface area contributed by atoms with Crippen LogP contribution >= 0.6 is 43.5 Å². The molecule has 31 heavy (non-hydrogen) atoms. The highest BCUT2D eigenvalue weighted by Crippen LogP contribution is 2.38. The first kappa shape index (κ1) is 23.0. The number of benzene rings is 2. The van der Waals surface area contributed by atoms with E-state index in [2.05, 4.69) is 42.1 Å². The molecule has 1 fully saturated rings. The molecule has 0 amide bonds. The van der Waals surface area contributed by atoms with Crippen LogP contribution in [0.5, 0.6) is 0 Å². The van der Waals surface area contributed by atoms with E-state index in [9.17, 15) is 8.42 Å². The number of rotatable bonds is 7. The van der Waals surface area contributed by atoms with Crippen molar-refractivity contribution in [3.8, 4) is 5.69 Å². The van der Waals surface area contributed by atoms with E-state index in [1.54, 1.807) is 12.1 Å². The molecule has 9 heteroatoms. The van der Waals surface area contributed by atoms with Crippen LogP contribution in [0.4, 0.5) is 0 Å². The van der Waals surface area contributed by atoms with Crippen LogP contribution in [-0.2, 0) is 22.0 Å². The molecule has 0 N–H and O–H groups in total. The maximum absolute atomic E-state index is 13.0. The van der Waals surface area contributed by atoms with Crippen LogP contribution in [0.3, 0.4) is 0 Å². The summed E-state index contributed by atoms with van der Waals surface area (Å²) in [6, 6.07) is 13.1. The standard InChI is InChI=1S/C22H22Br2ClN3O2S/c23-18-6-3-7-19(24)21(18)28-20(26-27-22(28)16-4-1-2-5-16)14-31(29,30)13-12-15-8-10-17(25)11-9-15/h3,6-11,16H,1-2,4-5,12-14H2. The zero-order valence-electron chi connectivity index (χ0n) is 16.8. The molecular formula is C22H22Br2ClN3O2S. The second-order valence-electron chi connectivity index (χ2n) is 7.83. The molecule has 0 unspecified atom stereocenters. The summed E-state index contributed by atoms with van der Waals surface area (Å²) in [5.74, 6) is 1.46. The topological polar surface area (TPSA) is 64.8 Å². The summed E-state index contributed by atoms with van der Waals surface area (Å²) in [4.78, 5) is 0. The fourth-order valence-electron chi connectivity index (χ4n) is 4.01. The van der Waals surface area contributed by atoms with Crippen molar-refractivity contribution in [3.63, 3.8) is 0 Å². The van der Waals surface area contributed by atoms with Gasteiger partial charge in [-0.25, -0.2) is 8.42 Å². The van der Waals surface area contributed by atoms with Gasteiger partial charge in [0.25, 0.3) is 0 Å². The van der Waals surface area contributed by atoms with Gasteiger partial charge in [-0.3, -0.25) is 4.57 Å². The monoisotopic (exact) mass is 585 g/mol. The minimum atomic E-state index is -3.40. The fraction of sp³-hybridized carbons (Fsp3) is 0.364. The Morgan fingerprint density at radius 1 is 1.00 bits per heavy atom. The normalized spacial score (nSPS) is 14.9. The van der Waals surface area contributed by atoms with Crippen molar-refractivity contribution in [2.75, 3.05) is 5.75 Å². The van der Waals surface area contributed by atoms with Gasteiger partial charge in [0.15, 0.2) is 15.7 Å². The van der Waals surface area contributed by atoms with Crippen LogP contribution in [0.25, 0.3) is 5.69 Å². The minimum Gasteiger partial charge on any atom is -0.280 e. The van der Waals surface area contributed by atoms with Crippen molar-refractivity contribution in [2.45, 2.75) is 43.8 Å². The van der Waals surface area contributed by atoms with Gasteiger partial charge in [-0.05, 0) is 81.0 Å². The predicted molar refractivity (Wildman–Crippen MR) is 131 cm³/mol. The largest absolute Gasteiger partial charge is 0.280 e. The molecule has 1 aliphatic rings. The Morgan fingerprint density at radius 2 is 1.65 bits per heavy atom. The fourth-order valence-corrected chi connectivity index (χ4v) is 6.76. The molecule has 5 nitrogen and oxygen atoms in total. The van der Waals surface area contributed by atoms with E-state index < -0.39 is 9.84 Å². The molecule has 0 saturated heterocycles.